The standard InChI is InChI=1S/C28H24N8O3/c29-9-11-31-27(38)19-7-4-14-1-2-16-13-18-25(37)17-6-3-15-5-8-20(28(39)32-12-10-30)34-22(15)24(17)36-26(18)35-23(16)21(14)33-19/h1-8,13H,9-12,29-30H2,(H,31,38)(H,32,39)(H,35,36,37). The number of nitrogens with one attached hydrogen (secondary N) is 3. The van der Waals surface area contributed by atoms with Crippen LogP contribution in [0.2, 0.25) is 0 Å². The van der Waals surface area contributed by atoms with Crippen LogP contribution < -0.4 is 27.5 Å². The quantitative estimate of drug-likeness (QED) is 0.162. The highest BCUT2D eigenvalue weighted by atomic mass is 16.2. The molecule has 194 valence electrons. The van der Waals surface area contributed by atoms with Crippen molar-refractivity contribution in [2.24, 2.45) is 11.5 Å². The third-order valence-electron chi connectivity index (χ3n) is 6.57. The summed E-state index contributed by atoms with van der Waals surface area (Å²) in [4.78, 5) is 55.8. The largest absolute Gasteiger partial charge is 0.349 e. The van der Waals surface area contributed by atoms with Gasteiger partial charge >= 0.3 is 0 Å². The van der Waals surface area contributed by atoms with E-state index in [2.05, 4.69) is 25.6 Å². The molecule has 11 nitrogen and oxygen atoms in total. The van der Waals surface area contributed by atoms with Crippen LogP contribution >= 0.6 is 0 Å². The minimum atomic E-state index is -0.351. The summed E-state index contributed by atoms with van der Waals surface area (Å²) in [5.74, 6) is -0.682. The van der Waals surface area contributed by atoms with E-state index < -0.39 is 0 Å². The fraction of sp³-hybridized carbons (Fsp3) is 0.143. The number of carbonyl (C=O) groups excluding carboxylic acids is 2. The third kappa shape index (κ3) is 4.19. The molecule has 0 atom stereocenters. The summed E-state index contributed by atoms with van der Waals surface area (Å²) < 4.78 is 0. The van der Waals surface area contributed by atoms with Crippen LogP contribution in [0.4, 0.5) is 0 Å². The van der Waals surface area contributed by atoms with Gasteiger partial charge in [-0.3, -0.25) is 14.4 Å². The first-order valence-electron chi connectivity index (χ1n) is 12.4. The van der Waals surface area contributed by atoms with E-state index in [1.54, 1.807) is 36.4 Å². The molecule has 11 heteroatoms. The Bertz CT molecular complexity index is 2010. The van der Waals surface area contributed by atoms with Crippen LogP contribution in [-0.2, 0) is 0 Å². The number of rotatable bonds is 6. The van der Waals surface area contributed by atoms with Gasteiger partial charge in [-0.15, -0.1) is 0 Å². The second-order valence-corrected chi connectivity index (χ2v) is 9.09. The molecule has 0 unspecified atom stereocenters. The maximum Gasteiger partial charge on any atom is 0.269 e. The summed E-state index contributed by atoms with van der Waals surface area (Å²) >= 11 is 0. The Hall–Kier alpha value is -5.00. The number of aromatic nitrogens is 4. The number of nitrogens with zero attached hydrogens (tertiary/aromatic N) is 3. The van der Waals surface area contributed by atoms with Crippen LogP contribution in [0.3, 0.4) is 0 Å². The van der Waals surface area contributed by atoms with Crippen LogP contribution in [0, 0.1) is 0 Å². The molecule has 2 aromatic carbocycles. The van der Waals surface area contributed by atoms with E-state index in [4.69, 9.17) is 16.5 Å². The van der Waals surface area contributed by atoms with Crippen molar-refractivity contribution < 1.29 is 9.59 Å². The van der Waals surface area contributed by atoms with Crippen molar-refractivity contribution in [3.8, 4) is 0 Å². The van der Waals surface area contributed by atoms with Crippen molar-refractivity contribution >= 4 is 66.5 Å². The van der Waals surface area contributed by atoms with E-state index in [0.29, 0.717) is 70.1 Å². The first-order valence-corrected chi connectivity index (χ1v) is 12.4. The van der Waals surface area contributed by atoms with Gasteiger partial charge in [-0.1, -0.05) is 30.3 Å². The molecule has 6 aromatic rings. The SMILES string of the molecule is NCCNC(=O)c1ccc2ccc3cc4c(=O)c5ccc6ccc(C(=O)NCCN)nc6c5[nH]c4nc3c2n1. The van der Waals surface area contributed by atoms with E-state index in [0.717, 1.165) is 10.8 Å². The van der Waals surface area contributed by atoms with Gasteiger partial charge in [0, 0.05) is 47.7 Å². The van der Waals surface area contributed by atoms with Crippen LogP contribution in [-0.4, -0.2) is 57.9 Å². The van der Waals surface area contributed by atoms with E-state index >= 15 is 0 Å². The molecular formula is C28H24N8O3. The predicted octanol–water partition coefficient (Wildman–Crippen LogP) is 1.70. The number of pyridine rings is 4. The van der Waals surface area contributed by atoms with E-state index in [1.165, 1.54) is 0 Å². The van der Waals surface area contributed by atoms with Crippen LogP contribution in [0.25, 0.3) is 54.6 Å². The average Bonchev–Trinajstić information content (AvgIpc) is 2.97. The van der Waals surface area contributed by atoms with E-state index in [-0.39, 0.29) is 28.6 Å². The zero-order valence-electron chi connectivity index (χ0n) is 20.7. The molecule has 4 heterocycles. The lowest BCUT2D eigenvalue weighted by atomic mass is 10.1. The number of hydrogen-bond acceptors (Lipinski definition) is 8. The summed E-state index contributed by atoms with van der Waals surface area (Å²) in [6.45, 7) is 1.29. The smallest absolute Gasteiger partial charge is 0.269 e. The van der Waals surface area contributed by atoms with Crippen molar-refractivity contribution in [3.63, 3.8) is 0 Å². The topological polar surface area (TPSA) is 182 Å². The van der Waals surface area contributed by atoms with Crippen molar-refractivity contribution in [1.82, 2.24) is 30.6 Å². The van der Waals surface area contributed by atoms with Crippen LogP contribution in [0.5, 0.6) is 0 Å². The van der Waals surface area contributed by atoms with Gasteiger partial charge in [-0.2, -0.15) is 0 Å². The Morgan fingerprint density at radius 3 is 1.90 bits per heavy atom. The maximum absolute atomic E-state index is 13.6. The number of benzene rings is 2. The molecule has 6 rings (SSSR count). The van der Waals surface area contributed by atoms with Gasteiger partial charge in [0.1, 0.15) is 17.0 Å². The number of fused-ring (bicyclic) bond motifs is 7. The molecule has 0 saturated carbocycles. The van der Waals surface area contributed by atoms with Crippen molar-refractivity contribution in [1.29, 1.82) is 0 Å². The van der Waals surface area contributed by atoms with Gasteiger partial charge in [0.25, 0.3) is 11.8 Å². The van der Waals surface area contributed by atoms with Crippen LogP contribution in [0.15, 0.2) is 59.4 Å². The Balaban J connectivity index is 1.59. The number of carbonyl (C=O) groups is 2. The molecule has 0 aliphatic rings. The summed E-state index contributed by atoms with van der Waals surface area (Å²) in [5, 5.41) is 8.54. The Kier molecular flexibility index (Phi) is 6.06. The Labute approximate surface area is 220 Å². The normalized spacial score (nSPS) is 11.5. The van der Waals surface area contributed by atoms with E-state index in [9.17, 15) is 14.4 Å². The van der Waals surface area contributed by atoms with Gasteiger partial charge in [0.2, 0.25) is 0 Å². The number of nitrogens with two attached hydrogens (primary N) is 2. The van der Waals surface area contributed by atoms with Gasteiger partial charge < -0.3 is 27.1 Å². The second kappa shape index (κ2) is 9.71. The molecule has 0 aliphatic heterocycles. The Morgan fingerprint density at radius 1 is 0.692 bits per heavy atom. The number of amides is 2. The zero-order valence-corrected chi connectivity index (χ0v) is 20.7. The number of hydrogen-bond donors (Lipinski definition) is 5. The molecule has 0 radical (unpaired) electrons. The third-order valence-corrected chi connectivity index (χ3v) is 6.57. The van der Waals surface area contributed by atoms with E-state index in [1.807, 2.05) is 18.2 Å². The molecule has 7 N–H and O–H groups in total. The molecular weight excluding hydrogens is 496 g/mol. The Morgan fingerprint density at radius 2 is 1.23 bits per heavy atom. The molecule has 4 aromatic heterocycles. The highest BCUT2D eigenvalue weighted by Gasteiger charge is 2.16. The lowest BCUT2D eigenvalue weighted by Crippen LogP contribution is -2.29. The first-order chi connectivity index (χ1) is 19.0. The lowest BCUT2D eigenvalue weighted by Gasteiger charge is -2.10. The average molecular weight is 521 g/mol. The second-order valence-electron chi connectivity index (χ2n) is 9.09. The van der Waals surface area contributed by atoms with Crippen molar-refractivity contribution in [2.45, 2.75) is 0 Å². The molecule has 2 amide bonds. The monoisotopic (exact) mass is 520 g/mol. The maximum atomic E-state index is 13.6. The van der Waals surface area contributed by atoms with Gasteiger partial charge in [-0.05, 0) is 24.3 Å². The number of H-pyrrole nitrogens is 1. The molecule has 0 spiro atoms. The highest BCUT2D eigenvalue weighted by Crippen LogP contribution is 2.27. The predicted molar refractivity (Wildman–Crippen MR) is 151 cm³/mol. The first kappa shape index (κ1) is 24.3. The molecule has 0 aliphatic carbocycles. The summed E-state index contributed by atoms with van der Waals surface area (Å²) in [5.41, 5.74) is 13.6. The van der Waals surface area contributed by atoms with Crippen molar-refractivity contribution in [2.75, 3.05) is 26.2 Å². The fourth-order valence-electron chi connectivity index (χ4n) is 4.66. The molecule has 0 saturated heterocycles. The lowest BCUT2D eigenvalue weighted by molar-refractivity contribution is 0.0942. The molecule has 0 fully saturated rings. The minimum Gasteiger partial charge on any atom is -0.349 e. The van der Waals surface area contributed by atoms with Crippen LogP contribution in [0.1, 0.15) is 21.0 Å². The minimum absolute atomic E-state index is 0.210. The summed E-state index contributed by atoms with van der Waals surface area (Å²) in [6, 6.07) is 15.9. The summed E-state index contributed by atoms with van der Waals surface area (Å²) in [6.07, 6.45) is 0. The molecule has 0 bridgehead atoms. The fourth-order valence-corrected chi connectivity index (χ4v) is 4.66. The van der Waals surface area contributed by atoms with Crippen molar-refractivity contribution in [3.05, 3.63) is 76.2 Å². The molecule has 39 heavy (non-hydrogen) atoms. The number of aromatic amines is 1. The highest BCUT2D eigenvalue weighted by molar-refractivity contribution is 6.11. The van der Waals surface area contributed by atoms with Gasteiger partial charge in [0.15, 0.2) is 5.43 Å². The summed E-state index contributed by atoms with van der Waals surface area (Å²) in [7, 11) is 0. The van der Waals surface area contributed by atoms with Gasteiger partial charge in [0.05, 0.1) is 27.5 Å². The zero-order chi connectivity index (χ0) is 27.1. The van der Waals surface area contributed by atoms with Gasteiger partial charge in [-0.25, -0.2) is 15.0 Å².